The van der Waals surface area contributed by atoms with Crippen LogP contribution in [-0.4, -0.2) is 52.9 Å². The number of hydrogen-bond donors (Lipinski definition) is 0. The minimum Gasteiger partial charge on any atom is -0.339 e. The van der Waals surface area contributed by atoms with E-state index in [2.05, 4.69) is 9.88 Å². The van der Waals surface area contributed by atoms with E-state index in [1.165, 1.54) is 32.4 Å². The molecule has 188 valence electrons. The Kier molecular flexibility index (Phi) is 10.8. The fourth-order valence-corrected chi connectivity index (χ4v) is 5.06. The van der Waals surface area contributed by atoms with Crippen molar-refractivity contribution in [2.45, 2.75) is 58.9 Å². The van der Waals surface area contributed by atoms with Gasteiger partial charge in [-0.2, -0.15) is 0 Å². The summed E-state index contributed by atoms with van der Waals surface area (Å²) in [5, 5.41) is 2.27. The molecule has 3 aromatic rings. The van der Waals surface area contributed by atoms with Crippen LogP contribution in [0.3, 0.4) is 0 Å². The van der Waals surface area contributed by atoms with Crippen LogP contribution in [0.15, 0.2) is 54.7 Å². The molecule has 2 saturated heterocycles. The highest BCUT2D eigenvalue weighted by Gasteiger charge is 2.28. The topological polar surface area (TPSA) is 36.4 Å². The van der Waals surface area contributed by atoms with Gasteiger partial charge in [-0.15, -0.1) is 0 Å². The van der Waals surface area contributed by atoms with Crippen molar-refractivity contribution in [1.82, 2.24) is 14.8 Å². The van der Waals surface area contributed by atoms with Gasteiger partial charge in [0.05, 0.1) is 15.6 Å². The number of benzene rings is 2. The minimum atomic E-state index is 0.165. The second-order valence-corrected chi connectivity index (χ2v) is 9.76. The quantitative estimate of drug-likeness (QED) is 0.352. The maximum absolute atomic E-state index is 12.8. The summed E-state index contributed by atoms with van der Waals surface area (Å²) in [4.78, 5) is 21.8. The molecule has 0 aliphatic carbocycles. The van der Waals surface area contributed by atoms with Gasteiger partial charge in [0, 0.05) is 36.3 Å². The second kappa shape index (κ2) is 13.8. The largest absolute Gasteiger partial charge is 0.339 e. The van der Waals surface area contributed by atoms with E-state index in [0.717, 1.165) is 48.0 Å². The molecule has 0 radical (unpaired) electrons. The van der Waals surface area contributed by atoms with Crippen molar-refractivity contribution in [3.8, 4) is 0 Å². The van der Waals surface area contributed by atoms with Gasteiger partial charge < -0.3 is 9.80 Å². The summed E-state index contributed by atoms with van der Waals surface area (Å²) in [6.07, 6.45) is 8.07. The molecule has 3 heterocycles. The molecule has 0 bridgehead atoms. The molecule has 1 aromatic heterocycles. The molecular weight excluding hydrogens is 477 g/mol. The number of carbonyl (C=O) groups excluding carboxylic acids is 1. The maximum atomic E-state index is 12.8. The van der Waals surface area contributed by atoms with Gasteiger partial charge in [0.1, 0.15) is 0 Å². The Morgan fingerprint density at radius 3 is 2.26 bits per heavy atom. The molecule has 5 rings (SSSR count). The molecule has 2 aliphatic heterocycles. The number of aromatic nitrogens is 1. The summed E-state index contributed by atoms with van der Waals surface area (Å²) in [5.74, 6) is 0.165. The Balaban J connectivity index is 0.000000262. The predicted molar refractivity (Wildman–Crippen MR) is 149 cm³/mol. The zero-order valence-corrected chi connectivity index (χ0v) is 22.7. The van der Waals surface area contributed by atoms with Crippen molar-refractivity contribution in [1.29, 1.82) is 0 Å². The number of piperidine rings is 2. The lowest BCUT2D eigenvalue weighted by Gasteiger charge is -2.40. The third kappa shape index (κ3) is 7.67. The lowest BCUT2D eigenvalue weighted by molar-refractivity contribution is 0.0590. The summed E-state index contributed by atoms with van der Waals surface area (Å²) in [6, 6.07) is 16.0. The molecule has 4 nitrogen and oxygen atoms in total. The highest BCUT2D eigenvalue weighted by molar-refractivity contribution is 6.42. The molecule has 0 saturated carbocycles. The number of aryl methyl sites for hydroxylation is 1. The molecule has 0 N–H and O–H groups in total. The van der Waals surface area contributed by atoms with E-state index in [4.69, 9.17) is 23.2 Å². The summed E-state index contributed by atoms with van der Waals surface area (Å²) in [6.45, 7) is 10.2. The van der Waals surface area contributed by atoms with Crippen molar-refractivity contribution in [2.75, 3.05) is 26.2 Å². The van der Waals surface area contributed by atoms with Gasteiger partial charge in [0.25, 0.3) is 5.91 Å². The van der Waals surface area contributed by atoms with Gasteiger partial charge in [-0.1, -0.05) is 55.6 Å². The number of carbonyl (C=O) groups is 1. The van der Waals surface area contributed by atoms with E-state index in [-0.39, 0.29) is 5.91 Å². The van der Waals surface area contributed by atoms with Crippen molar-refractivity contribution >= 4 is 40.0 Å². The van der Waals surface area contributed by atoms with Gasteiger partial charge in [-0.25, -0.2) is 0 Å². The molecule has 0 unspecified atom stereocenters. The number of nitrogens with zero attached hydrogens (tertiary/aromatic N) is 3. The van der Waals surface area contributed by atoms with Crippen LogP contribution >= 0.6 is 23.2 Å². The first-order chi connectivity index (χ1) is 17.0. The highest BCUT2D eigenvalue weighted by atomic mass is 35.5. The Bertz CT molecular complexity index is 1090. The third-order valence-corrected chi connectivity index (χ3v) is 7.32. The Morgan fingerprint density at radius 1 is 0.886 bits per heavy atom. The predicted octanol–water partition coefficient (Wildman–Crippen LogP) is 7.65. The maximum Gasteiger partial charge on any atom is 0.253 e. The first kappa shape index (κ1) is 27.4. The fraction of sp³-hybridized carbons (Fsp3) is 0.448. The van der Waals surface area contributed by atoms with Crippen molar-refractivity contribution < 1.29 is 4.79 Å². The molecular formula is C29H37Cl2N3O. The normalized spacial score (nSPS) is 16.7. The number of rotatable bonds is 2. The second-order valence-electron chi connectivity index (χ2n) is 8.95. The Morgan fingerprint density at radius 2 is 1.60 bits per heavy atom. The first-order valence-corrected chi connectivity index (χ1v) is 13.6. The van der Waals surface area contributed by atoms with Crippen molar-refractivity contribution in [2.24, 2.45) is 0 Å². The molecule has 1 amide bonds. The van der Waals surface area contributed by atoms with E-state index < -0.39 is 0 Å². The van der Waals surface area contributed by atoms with Crippen LogP contribution in [0.25, 0.3) is 10.9 Å². The van der Waals surface area contributed by atoms with Crippen molar-refractivity contribution in [3.05, 3.63) is 75.9 Å². The van der Waals surface area contributed by atoms with Crippen LogP contribution in [0.4, 0.5) is 0 Å². The Labute approximate surface area is 220 Å². The van der Waals surface area contributed by atoms with E-state index in [1.807, 2.05) is 68.1 Å². The van der Waals surface area contributed by atoms with E-state index in [0.29, 0.717) is 16.1 Å². The Hall–Kier alpha value is -2.14. The average molecular weight is 515 g/mol. The van der Waals surface area contributed by atoms with Crippen LogP contribution in [0.5, 0.6) is 0 Å². The van der Waals surface area contributed by atoms with Gasteiger partial charge in [0.15, 0.2) is 0 Å². The summed E-state index contributed by atoms with van der Waals surface area (Å²) < 4.78 is 0. The zero-order chi connectivity index (χ0) is 25.2. The molecule has 0 atom stereocenters. The van der Waals surface area contributed by atoms with E-state index >= 15 is 0 Å². The van der Waals surface area contributed by atoms with Gasteiger partial charge in [-0.05, 0) is 87.7 Å². The van der Waals surface area contributed by atoms with Crippen LogP contribution in [-0.2, 0) is 0 Å². The van der Waals surface area contributed by atoms with Gasteiger partial charge in [-0.3, -0.25) is 9.78 Å². The lowest BCUT2D eigenvalue weighted by atomic mass is 9.99. The summed E-state index contributed by atoms with van der Waals surface area (Å²) in [5.41, 5.74) is 2.86. The van der Waals surface area contributed by atoms with E-state index in [9.17, 15) is 4.79 Å². The summed E-state index contributed by atoms with van der Waals surface area (Å²) in [7, 11) is 0. The molecule has 2 fully saturated rings. The molecule has 2 aliphatic rings. The molecule has 35 heavy (non-hydrogen) atoms. The first-order valence-electron chi connectivity index (χ1n) is 12.8. The number of amides is 1. The molecule has 2 aromatic carbocycles. The SMILES string of the molecule is CC.Cc1ccc(Cl)c(Cl)c1.O=C(c1ccc2ncccc2c1)N1CCC(N2CCCCC2)CC1. The van der Waals surface area contributed by atoms with Gasteiger partial charge >= 0.3 is 0 Å². The number of hydrogen-bond acceptors (Lipinski definition) is 3. The molecule has 6 heteroatoms. The number of pyridine rings is 1. The number of likely N-dealkylation sites (tertiary alicyclic amines) is 2. The van der Waals surface area contributed by atoms with Crippen LogP contribution in [0.2, 0.25) is 10.0 Å². The third-order valence-electron chi connectivity index (χ3n) is 6.58. The monoisotopic (exact) mass is 513 g/mol. The molecule has 0 spiro atoms. The zero-order valence-electron chi connectivity index (χ0n) is 21.1. The lowest BCUT2D eigenvalue weighted by Crippen LogP contribution is -2.48. The van der Waals surface area contributed by atoms with Crippen molar-refractivity contribution in [3.63, 3.8) is 0 Å². The fourth-order valence-electron chi connectivity index (χ4n) is 4.71. The summed E-state index contributed by atoms with van der Waals surface area (Å²) >= 11 is 11.3. The van der Waals surface area contributed by atoms with E-state index in [1.54, 1.807) is 12.3 Å². The van der Waals surface area contributed by atoms with Gasteiger partial charge in [0.2, 0.25) is 0 Å². The smallest absolute Gasteiger partial charge is 0.253 e. The standard InChI is InChI=1S/C20H25N3O.C7H6Cl2.C2H6/c24-20(17-6-7-19-16(15-17)5-4-10-21-19)23-13-8-18(9-14-23)22-11-2-1-3-12-22;1-5-2-3-6(8)7(9)4-5;1-2/h4-7,10,15,18H,1-3,8-9,11-14H2;2-4H,1H3;1-2H3. The number of fused-ring (bicyclic) bond motifs is 1. The van der Waals surface area contributed by atoms with Crippen LogP contribution in [0, 0.1) is 6.92 Å². The number of halogens is 2. The minimum absolute atomic E-state index is 0.165. The average Bonchev–Trinajstić information content (AvgIpc) is 2.92. The van der Waals surface area contributed by atoms with Crippen LogP contribution < -0.4 is 0 Å². The highest BCUT2D eigenvalue weighted by Crippen LogP contribution is 2.23. The van der Waals surface area contributed by atoms with Crippen LogP contribution in [0.1, 0.15) is 61.9 Å².